The number of nitrogens with zero attached hydrogens (tertiary/aromatic N) is 2. The minimum atomic E-state index is -3.83. The molecule has 0 aliphatic carbocycles. The van der Waals surface area contributed by atoms with Crippen LogP contribution < -0.4 is 9.62 Å². The van der Waals surface area contributed by atoms with E-state index in [9.17, 15) is 13.2 Å². The van der Waals surface area contributed by atoms with E-state index in [1.165, 1.54) is 24.6 Å². The Bertz CT molecular complexity index is 825. The lowest BCUT2D eigenvalue weighted by atomic mass is 10.2. The average molecular weight is 321 g/mol. The Balaban J connectivity index is 2.04. The van der Waals surface area contributed by atoms with Gasteiger partial charge in [0.05, 0.1) is 5.69 Å². The second-order valence-electron chi connectivity index (χ2n) is 4.33. The SMILES string of the molecule is CN1c2ccsc2C(=O)/C(=C/Nc2ccncc2)S1(=O)=O. The van der Waals surface area contributed by atoms with Gasteiger partial charge in [0.15, 0.2) is 4.91 Å². The molecule has 0 saturated carbocycles. The number of pyridine rings is 1. The van der Waals surface area contributed by atoms with Gasteiger partial charge in [-0.15, -0.1) is 11.3 Å². The lowest BCUT2D eigenvalue weighted by molar-refractivity contribution is 0.104. The van der Waals surface area contributed by atoms with E-state index in [0.717, 1.165) is 4.31 Å². The van der Waals surface area contributed by atoms with E-state index in [1.807, 2.05) is 0 Å². The van der Waals surface area contributed by atoms with Crippen LogP contribution in [-0.2, 0) is 10.0 Å². The zero-order valence-corrected chi connectivity index (χ0v) is 12.6. The highest BCUT2D eigenvalue weighted by Crippen LogP contribution is 2.37. The van der Waals surface area contributed by atoms with Crippen molar-refractivity contribution in [1.82, 2.24) is 4.98 Å². The van der Waals surface area contributed by atoms with Crippen molar-refractivity contribution in [2.24, 2.45) is 0 Å². The molecule has 2 aromatic heterocycles. The number of thiophene rings is 1. The van der Waals surface area contributed by atoms with Crippen LogP contribution in [0.2, 0.25) is 0 Å². The van der Waals surface area contributed by atoms with Gasteiger partial charge < -0.3 is 5.32 Å². The van der Waals surface area contributed by atoms with E-state index in [-0.39, 0.29) is 4.91 Å². The molecule has 0 saturated heterocycles. The van der Waals surface area contributed by atoms with Crippen LogP contribution in [0, 0.1) is 0 Å². The molecule has 3 heterocycles. The molecule has 1 aliphatic rings. The molecule has 8 heteroatoms. The van der Waals surface area contributed by atoms with Crippen molar-refractivity contribution in [1.29, 1.82) is 0 Å². The highest BCUT2D eigenvalue weighted by atomic mass is 32.2. The molecule has 0 radical (unpaired) electrons. The maximum Gasteiger partial charge on any atom is 0.269 e. The Morgan fingerprint density at radius 3 is 2.71 bits per heavy atom. The normalized spacial score (nSPS) is 18.6. The number of carbonyl (C=O) groups excluding carboxylic acids is 1. The monoisotopic (exact) mass is 321 g/mol. The van der Waals surface area contributed by atoms with Gasteiger partial charge in [0.2, 0.25) is 5.78 Å². The molecular weight excluding hydrogens is 310 g/mol. The molecule has 3 rings (SSSR count). The van der Waals surface area contributed by atoms with Crippen LogP contribution in [0.5, 0.6) is 0 Å². The first-order valence-electron chi connectivity index (χ1n) is 5.99. The quantitative estimate of drug-likeness (QED) is 0.857. The summed E-state index contributed by atoms with van der Waals surface area (Å²) in [5, 5.41) is 4.52. The second-order valence-corrected chi connectivity index (χ2v) is 7.18. The number of fused-ring (bicyclic) bond motifs is 1. The van der Waals surface area contributed by atoms with Gasteiger partial charge in [-0.2, -0.15) is 0 Å². The molecule has 2 aromatic rings. The third-order valence-corrected chi connectivity index (χ3v) is 5.78. The molecule has 1 N–H and O–H groups in total. The Morgan fingerprint density at radius 1 is 1.29 bits per heavy atom. The second kappa shape index (κ2) is 4.97. The minimum absolute atomic E-state index is 0.267. The predicted molar refractivity (Wildman–Crippen MR) is 81.9 cm³/mol. The van der Waals surface area contributed by atoms with E-state index in [1.54, 1.807) is 36.0 Å². The summed E-state index contributed by atoms with van der Waals surface area (Å²) in [6, 6.07) is 4.98. The Labute approximate surface area is 125 Å². The van der Waals surface area contributed by atoms with Gasteiger partial charge in [-0.1, -0.05) is 0 Å². The number of aromatic nitrogens is 1. The summed E-state index contributed by atoms with van der Waals surface area (Å²) < 4.78 is 25.9. The van der Waals surface area contributed by atoms with Crippen LogP contribution in [-0.4, -0.2) is 26.2 Å². The average Bonchev–Trinajstić information content (AvgIpc) is 2.95. The number of nitrogens with one attached hydrogen (secondary N) is 1. The number of allylic oxidation sites excluding steroid dienone is 1. The van der Waals surface area contributed by atoms with Crippen LogP contribution in [0.1, 0.15) is 9.67 Å². The van der Waals surface area contributed by atoms with Crippen molar-refractivity contribution in [3.05, 3.63) is 52.0 Å². The molecule has 0 bridgehead atoms. The molecule has 6 nitrogen and oxygen atoms in total. The molecule has 0 atom stereocenters. The van der Waals surface area contributed by atoms with Crippen molar-refractivity contribution in [2.75, 3.05) is 16.7 Å². The topological polar surface area (TPSA) is 79.4 Å². The number of anilines is 2. The van der Waals surface area contributed by atoms with Gasteiger partial charge in [-0.3, -0.25) is 14.1 Å². The van der Waals surface area contributed by atoms with Gasteiger partial charge in [-0.05, 0) is 23.6 Å². The summed E-state index contributed by atoms with van der Waals surface area (Å²) in [5.41, 5.74) is 1.08. The van der Waals surface area contributed by atoms with Crippen molar-refractivity contribution < 1.29 is 13.2 Å². The molecular formula is C13H11N3O3S2. The van der Waals surface area contributed by atoms with Gasteiger partial charge in [0.1, 0.15) is 4.88 Å². The standard InChI is InChI=1S/C13H11N3O3S2/c1-16-10-4-7-20-13(10)12(17)11(21(16,18)19)8-15-9-2-5-14-6-3-9/h2-8H,1H3,(H,14,15)/b11-8-. The van der Waals surface area contributed by atoms with Crippen LogP contribution in [0.3, 0.4) is 0 Å². The minimum Gasteiger partial charge on any atom is -0.360 e. The fourth-order valence-electron chi connectivity index (χ4n) is 1.96. The summed E-state index contributed by atoms with van der Waals surface area (Å²) in [5.74, 6) is -0.486. The fraction of sp³-hybridized carbons (Fsp3) is 0.0769. The number of ketones is 1. The molecule has 0 fully saturated rings. The number of carbonyl (C=O) groups is 1. The van der Waals surface area contributed by atoms with Crippen molar-refractivity contribution in [3.8, 4) is 0 Å². The Hall–Kier alpha value is -2.19. The zero-order valence-electron chi connectivity index (χ0n) is 11.0. The van der Waals surface area contributed by atoms with Crippen molar-refractivity contribution in [2.45, 2.75) is 0 Å². The first kappa shape index (κ1) is 13.8. The number of Topliss-reactive ketones (excluding diaryl/α,β-unsaturated/α-hetero) is 1. The van der Waals surface area contributed by atoms with E-state index in [0.29, 0.717) is 16.3 Å². The first-order chi connectivity index (χ1) is 10.0. The number of hydrogen-bond donors (Lipinski definition) is 1. The summed E-state index contributed by atoms with van der Waals surface area (Å²) >= 11 is 1.23. The largest absolute Gasteiger partial charge is 0.360 e. The summed E-state index contributed by atoms with van der Waals surface area (Å²) in [4.78, 5) is 16.4. The molecule has 21 heavy (non-hydrogen) atoms. The van der Waals surface area contributed by atoms with Crippen LogP contribution in [0.15, 0.2) is 47.1 Å². The summed E-state index contributed by atoms with van der Waals surface area (Å²) in [6.45, 7) is 0. The van der Waals surface area contributed by atoms with Gasteiger partial charge >= 0.3 is 0 Å². The lowest BCUT2D eigenvalue weighted by Crippen LogP contribution is -2.35. The molecule has 0 aromatic carbocycles. The number of rotatable bonds is 2. The third kappa shape index (κ3) is 2.22. The van der Waals surface area contributed by atoms with E-state index in [2.05, 4.69) is 10.3 Å². The summed E-state index contributed by atoms with van der Waals surface area (Å²) in [7, 11) is -2.39. The molecule has 0 amide bonds. The molecule has 1 aliphatic heterocycles. The Kier molecular flexibility index (Phi) is 3.26. The Morgan fingerprint density at radius 2 is 2.00 bits per heavy atom. The van der Waals surface area contributed by atoms with Crippen LogP contribution in [0.4, 0.5) is 11.4 Å². The maximum absolute atomic E-state index is 12.4. The zero-order chi connectivity index (χ0) is 15.0. The van der Waals surface area contributed by atoms with E-state index < -0.39 is 15.8 Å². The summed E-state index contributed by atoms with van der Waals surface area (Å²) in [6.07, 6.45) is 4.37. The fourth-order valence-corrected chi connectivity index (χ4v) is 4.21. The van der Waals surface area contributed by atoms with Gasteiger partial charge in [0, 0.05) is 31.3 Å². The van der Waals surface area contributed by atoms with Crippen LogP contribution in [0.25, 0.3) is 0 Å². The lowest BCUT2D eigenvalue weighted by Gasteiger charge is -2.25. The highest BCUT2D eigenvalue weighted by Gasteiger charge is 2.39. The predicted octanol–water partition coefficient (Wildman–Crippen LogP) is 2.06. The van der Waals surface area contributed by atoms with Gasteiger partial charge in [-0.25, -0.2) is 8.42 Å². The molecule has 108 valence electrons. The van der Waals surface area contributed by atoms with E-state index in [4.69, 9.17) is 0 Å². The number of hydrogen-bond acceptors (Lipinski definition) is 6. The maximum atomic E-state index is 12.4. The third-order valence-electron chi connectivity index (χ3n) is 3.10. The van der Waals surface area contributed by atoms with Crippen molar-refractivity contribution in [3.63, 3.8) is 0 Å². The number of sulfonamides is 1. The van der Waals surface area contributed by atoms with Crippen LogP contribution >= 0.6 is 11.3 Å². The molecule has 0 unspecified atom stereocenters. The highest BCUT2D eigenvalue weighted by molar-refractivity contribution is 7.97. The first-order valence-corrected chi connectivity index (χ1v) is 8.31. The van der Waals surface area contributed by atoms with Gasteiger partial charge in [0.25, 0.3) is 10.0 Å². The molecule has 0 spiro atoms. The van der Waals surface area contributed by atoms with E-state index >= 15 is 0 Å². The van der Waals surface area contributed by atoms with Crippen molar-refractivity contribution >= 4 is 38.5 Å². The smallest absolute Gasteiger partial charge is 0.269 e.